The summed E-state index contributed by atoms with van der Waals surface area (Å²) < 4.78 is 29.7. The predicted octanol–water partition coefficient (Wildman–Crippen LogP) is 6.53. The predicted molar refractivity (Wildman–Crippen MR) is 133 cm³/mol. The molecule has 2 heterocycles. The highest BCUT2D eigenvalue weighted by Crippen LogP contribution is 2.43. The molecule has 1 aromatic heterocycles. The average Bonchev–Trinajstić information content (AvgIpc) is 3.25. The smallest absolute Gasteiger partial charge is 0.328 e. The number of aliphatic imine (C=N–C) groups is 1. The van der Waals surface area contributed by atoms with Crippen molar-refractivity contribution in [3.63, 3.8) is 0 Å². The fourth-order valence-corrected chi connectivity index (χ4v) is 4.71. The average molecular weight is 471 g/mol. The van der Waals surface area contributed by atoms with Gasteiger partial charge in [-0.05, 0) is 72.8 Å². The van der Waals surface area contributed by atoms with Crippen molar-refractivity contribution in [2.75, 3.05) is 0 Å². The molecule has 10 heteroatoms. The van der Waals surface area contributed by atoms with Crippen molar-refractivity contribution in [2.45, 2.75) is 27.7 Å². The molecule has 0 radical (unpaired) electrons. The zero-order valence-electron chi connectivity index (χ0n) is 19.5. The normalized spacial score (nSPS) is 14.6. The molecule has 0 amide bonds. The second kappa shape index (κ2) is 9.16. The highest BCUT2D eigenvalue weighted by atomic mass is 19.2. The highest BCUT2D eigenvalue weighted by Gasteiger charge is 2.33. The molecule has 0 bridgehead atoms. The van der Waals surface area contributed by atoms with Crippen molar-refractivity contribution in [3.05, 3.63) is 91.8 Å². The molecule has 35 heavy (non-hydrogen) atoms. The van der Waals surface area contributed by atoms with E-state index in [0.717, 1.165) is 9.86 Å². The van der Waals surface area contributed by atoms with E-state index >= 15 is 0 Å². The quantitative estimate of drug-likeness (QED) is 0.134. The minimum absolute atomic E-state index is 0.112. The van der Waals surface area contributed by atoms with Crippen LogP contribution in [0.3, 0.4) is 0 Å². The lowest BCUT2D eigenvalue weighted by Crippen LogP contribution is -2.18. The number of hydrogen-bond acceptors (Lipinski definition) is 4. The zero-order valence-corrected chi connectivity index (χ0v) is 19.5. The molecule has 0 atom stereocenters. The summed E-state index contributed by atoms with van der Waals surface area (Å²) in [4.78, 5) is 31.1. The van der Waals surface area contributed by atoms with Crippen molar-refractivity contribution in [1.29, 1.82) is 0 Å². The molecule has 1 aliphatic rings. The van der Waals surface area contributed by atoms with Crippen LogP contribution in [0, 0.1) is 13.8 Å². The topological polar surface area (TPSA) is 100 Å². The van der Waals surface area contributed by atoms with Gasteiger partial charge in [0.2, 0.25) is 0 Å². The summed E-state index contributed by atoms with van der Waals surface area (Å²) in [6, 6.07) is 10.6. The number of azide groups is 1. The number of carbonyl (C=O) groups is 2. The Kier molecular flexibility index (Phi) is 6.24. The Morgan fingerprint density at radius 1 is 1.11 bits per heavy atom. The monoisotopic (exact) mass is 471 g/mol. The molecule has 0 spiro atoms. The van der Waals surface area contributed by atoms with Crippen molar-refractivity contribution in [1.82, 2.24) is 4.48 Å². The SMILES string of the molecule is CC1=N/C(=C(/c2cc(N=[N+]=[N-])cc3ccccc23)c2c(C)c(C=O)c(C)n2B(F)F)C(C)=C1C=O. The first-order chi connectivity index (χ1) is 16.7. The first-order valence-electron chi connectivity index (χ1n) is 10.7. The van der Waals surface area contributed by atoms with Crippen molar-refractivity contribution < 1.29 is 18.2 Å². The van der Waals surface area contributed by atoms with E-state index in [1.165, 1.54) is 6.92 Å². The molecule has 4 rings (SSSR count). The zero-order chi connectivity index (χ0) is 25.4. The molecule has 0 aliphatic carbocycles. The Balaban J connectivity index is 2.29. The van der Waals surface area contributed by atoms with E-state index < -0.39 is 7.40 Å². The van der Waals surface area contributed by atoms with Gasteiger partial charge in [-0.1, -0.05) is 29.4 Å². The summed E-state index contributed by atoms with van der Waals surface area (Å²) in [5.41, 5.74) is 12.6. The third kappa shape index (κ3) is 3.78. The summed E-state index contributed by atoms with van der Waals surface area (Å²) in [6.07, 6.45) is 1.25. The van der Waals surface area contributed by atoms with Crippen LogP contribution in [0.4, 0.5) is 14.3 Å². The summed E-state index contributed by atoms with van der Waals surface area (Å²) >= 11 is 0. The van der Waals surface area contributed by atoms with E-state index in [1.54, 1.807) is 32.9 Å². The standard InChI is InChI=1S/C25H20BF2N5O2/c1-13-21(11-34)15(3)30-24(13)23(25-14(2)22(12-35)16(4)33(25)26(27)28)20-10-18(31-32-29)9-17-7-5-6-8-19(17)20/h5-12H,1-4H3/b24-23-. The molecule has 2 aromatic carbocycles. The van der Waals surface area contributed by atoms with Gasteiger partial charge >= 0.3 is 7.40 Å². The van der Waals surface area contributed by atoms with E-state index in [9.17, 15) is 18.2 Å². The number of hydrogen-bond donors (Lipinski definition) is 0. The van der Waals surface area contributed by atoms with Crippen LogP contribution in [-0.4, -0.2) is 30.2 Å². The summed E-state index contributed by atoms with van der Waals surface area (Å²) in [7, 11) is -2.94. The Hall–Kier alpha value is -4.30. The third-order valence-corrected chi connectivity index (χ3v) is 6.36. The molecule has 1 aliphatic heterocycles. The van der Waals surface area contributed by atoms with Crippen molar-refractivity contribution in [3.8, 4) is 0 Å². The molecule has 7 nitrogen and oxygen atoms in total. The van der Waals surface area contributed by atoms with Crippen LogP contribution < -0.4 is 0 Å². The number of rotatable bonds is 6. The molecule has 0 saturated carbocycles. The second-order valence-corrected chi connectivity index (χ2v) is 8.22. The molecule has 0 unspecified atom stereocenters. The van der Waals surface area contributed by atoms with Crippen LogP contribution in [-0.2, 0) is 4.79 Å². The number of benzene rings is 2. The number of fused-ring (bicyclic) bond motifs is 1. The molecule has 0 N–H and O–H groups in total. The van der Waals surface area contributed by atoms with E-state index in [4.69, 9.17) is 5.53 Å². The third-order valence-electron chi connectivity index (χ3n) is 6.36. The number of nitrogens with zero attached hydrogens (tertiary/aromatic N) is 5. The van der Waals surface area contributed by atoms with Gasteiger partial charge in [0, 0.05) is 44.4 Å². The first kappa shape index (κ1) is 23.8. The second-order valence-electron chi connectivity index (χ2n) is 8.22. The maximum absolute atomic E-state index is 14.5. The number of halogens is 2. The van der Waals surface area contributed by atoms with E-state index in [-0.39, 0.29) is 22.6 Å². The maximum Gasteiger partial charge on any atom is 0.677 e. The lowest BCUT2D eigenvalue weighted by atomic mass is 9.89. The minimum atomic E-state index is -2.94. The Labute approximate surface area is 200 Å². The Morgan fingerprint density at radius 2 is 1.83 bits per heavy atom. The van der Waals surface area contributed by atoms with Crippen molar-refractivity contribution >= 4 is 47.7 Å². The van der Waals surface area contributed by atoms with Gasteiger partial charge in [-0.25, -0.2) is 0 Å². The Morgan fingerprint density at radius 3 is 2.43 bits per heavy atom. The summed E-state index contributed by atoms with van der Waals surface area (Å²) in [5.74, 6) is 0. The summed E-state index contributed by atoms with van der Waals surface area (Å²) in [5, 5.41) is 5.18. The maximum atomic E-state index is 14.5. The molecule has 0 saturated heterocycles. The molecule has 174 valence electrons. The van der Waals surface area contributed by atoms with Gasteiger partial charge in [-0.3, -0.25) is 23.2 Å². The molecular weight excluding hydrogens is 451 g/mol. The van der Waals surface area contributed by atoms with Crippen LogP contribution in [0.15, 0.2) is 63.3 Å². The lowest BCUT2D eigenvalue weighted by molar-refractivity contribution is -0.104. The van der Waals surface area contributed by atoms with E-state index in [1.807, 2.05) is 24.3 Å². The van der Waals surface area contributed by atoms with Gasteiger partial charge < -0.3 is 4.48 Å². The number of aldehydes is 2. The lowest BCUT2D eigenvalue weighted by Gasteiger charge is -2.19. The van der Waals surface area contributed by atoms with E-state index in [0.29, 0.717) is 57.2 Å². The largest absolute Gasteiger partial charge is 0.677 e. The Bertz CT molecular complexity index is 1560. The summed E-state index contributed by atoms with van der Waals surface area (Å²) in [6.45, 7) is 6.45. The van der Waals surface area contributed by atoms with Gasteiger partial charge in [0.25, 0.3) is 0 Å². The van der Waals surface area contributed by atoms with Crippen LogP contribution in [0.2, 0.25) is 0 Å². The number of carbonyl (C=O) groups excluding carboxylic acids is 2. The van der Waals surface area contributed by atoms with Gasteiger partial charge in [0.1, 0.15) is 0 Å². The molecular formula is C25H20BF2N5O2. The van der Waals surface area contributed by atoms with E-state index in [2.05, 4.69) is 15.0 Å². The van der Waals surface area contributed by atoms with Crippen molar-refractivity contribution in [2.24, 2.45) is 10.1 Å². The number of allylic oxidation sites excluding steroid dienone is 2. The van der Waals surface area contributed by atoms with Gasteiger partial charge in [0.15, 0.2) is 12.6 Å². The fraction of sp³-hybridized carbons (Fsp3) is 0.160. The fourth-order valence-electron chi connectivity index (χ4n) is 4.71. The molecule has 0 fully saturated rings. The minimum Gasteiger partial charge on any atom is -0.328 e. The van der Waals surface area contributed by atoms with Crippen LogP contribution >= 0.6 is 0 Å². The van der Waals surface area contributed by atoms with Crippen LogP contribution in [0.5, 0.6) is 0 Å². The van der Waals surface area contributed by atoms with Crippen LogP contribution in [0.1, 0.15) is 46.7 Å². The number of aromatic nitrogens is 1. The first-order valence-corrected chi connectivity index (χ1v) is 10.7. The highest BCUT2D eigenvalue weighted by molar-refractivity contribution is 6.42. The van der Waals surface area contributed by atoms with Crippen LogP contribution in [0.25, 0.3) is 26.8 Å². The van der Waals surface area contributed by atoms with Gasteiger partial charge in [-0.15, -0.1) is 0 Å². The van der Waals surface area contributed by atoms with Gasteiger partial charge in [-0.2, -0.15) is 0 Å². The molecule has 3 aromatic rings. The van der Waals surface area contributed by atoms with Gasteiger partial charge in [0.05, 0.1) is 5.70 Å².